The van der Waals surface area contributed by atoms with Gasteiger partial charge in [-0.25, -0.2) is 28.4 Å². The molecule has 0 spiro atoms. The fourth-order valence-corrected chi connectivity index (χ4v) is 4.78. The van der Waals surface area contributed by atoms with Crippen molar-refractivity contribution in [1.82, 2.24) is 0 Å². The molecule has 0 radical (unpaired) electrons. The average Bonchev–Trinajstić information content (AvgIpc) is 3.28. The van der Waals surface area contributed by atoms with Gasteiger partial charge < -0.3 is 28.4 Å². The van der Waals surface area contributed by atoms with Crippen LogP contribution in [-0.2, 0) is 28.7 Å². The molecule has 0 aliphatic carbocycles. The number of carbonyl (C=O) groups excluding carboxylic acids is 6. The highest BCUT2D eigenvalue weighted by atomic mass is 19.1. The van der Waals surface area contributed by atoms with E-state index in [4.69, 9.17) is 28.4 Å². The van der Waals surface area contributed by atoms with E-state index in [2.05, 4.69) is 68.6 Å². The molecule has 0 amide bonds. The topological polar surface area (TPSA) is 158 Å². The minimum atomic E-state index is -1.13. The van der Waals surface area contributed by atoms with Gasteiger partial charge >= 0.3 is 29.8 Å². The predicted octanol–water partition coefficient (Wildman–Crippen LogP) is 7.32. The maximum absolute atomic E-state index is 16.6. The number of ketones is 1. The summed E-state index contributed by atoms with van der Waals surface area (Å²) in [5.74, 6) is 6.56. The van der Waals surface area contributed by atoms with Crippen molar-refractivity contribution in [3.05, 3.63) is 180 Å². The lowest BCUT2D eigenvalue weighted by molar-refractivity contribution is -0.131. The minimum absolute atomic E-state index is 0.00250. The third kappa shape index (κ3) is 12.9. The smallest absolute Gasteiger partial charge is 0.344 e. The molecular weight excluding hydrogens is 812 g/mol. The molecule has 0 aliphatic heterocycles. The predicted molar refractivity (Wildman–Crippen MR) is 229 cm³/mol. The van der Waals surface area contributed by atoms with Gasteiger partial charge in [0.15, 0.2) is 28.8 Å². The Kier molecular flexibility index (Phi) is 16.4. The second kappa shape index (κ2) is 22.2. The lowest BCUT2D eigenvalue weighted by atomic mass is 9.99. The highest BCUT2D eigenvalue weighted by Gasteiger charge is 2.26. The Labute approximate surface area is 361 Å². The van der Waals surface area contributed by atoms with Crippen molar-refractivity contribution in [3.63, 3.8) is 0 Å². The molecular formula is C50H33FO12. The van der Waals surface area contributed by atoms with Gasteiger partial charge in [-0.15, -0.1) is 0 Å². The first kappa shape index (κ1) is 46.4. The van der Waals surface area contributed by atoms with E-state index < -0.39 is 63.9 Å². The first-order valence-electron chi connectivity index (χ1n) is 18.0. The van der Waals surface area contributed by atoms with Gasteiger partial charge in [-0.05, 0) is 73.0 Å². The van der Waals surface area contributed by atoms with Crippen molar-refractivity contribution in [2.45, 2.75) is 6.92 Å². The third-order valence-electron chi connectivity index (χ3n) is 7.82. The molecule has 0 atom stereocenters. The molecule has 0 heterocycles. The summed E-state index contributed by atoms with van der Waals surface area (Å²) in [5.41, 5.74) is -0.00174. The summed E-state index contributed by atoms with van der Waals surface area (Å²) in [4.78, 5) is 73.4. The molecule has 0 bridgehead atoms. The Hall–Kier alpha value is -9.25. The van der Waals surface area contributed by atoms with Crippen molar-refractivity contribution in [2.24, 2.45) is 0 Å². The number of hydrogen-bond acceptors (Lipinski definition) is 12. The Balaban J connectivity index is 1.84. The second-order valence-corrected chi connectivity index (χ2v) is 12.2. The Morgan fingerprint density at radius 3 is 1.81 bits per heavy atom. The number of esters is 5. The van der Waals surface area contributed by atoms with Crippen molar-refractivity contribution in [3.8, 4) is 64.5 Å². The molecule has 12 nitrogen and oxygen atoms in total. The van der Waals surface area contributed by atoms with Gasteiger partial charge in [0.25, 0.3) is 0 Å². The zero-order chi connectivity index (χ0) is 46.1. The van der Waals surface area contributed by atoms with Gasteiger partial charge in [-0.1, -0.05) is 74.8 Å². The molecule has 0 saturated carbocycles. The van der Waals surface area contributed by atoms with Crippen molar-refractivity contribution < 1.29 is 61.6 Å². The Bertz CT molecular complexity index is 2810. The third-order valence-corrected chi connectivity index (χ3v) is 7.82. The highest BCUT2D eigenvalue weighted by Crippen LogP contribution is 2.38. The molecule has 4 rings (SSSR count). The summed E-state index contributed by atoms with van der Waals surface area (Å²) in [6.45, 7) is 18.4. The molecule has 0 unspecified atom stereocenters. The van der Waals surface area contributed by atoms with E-state index in [1.807, 2.05) is 0 Å². The quantitative estimate of drug-likeness (QED) is 0.0435. The van der Waals surface area contributed by atoms with Crippen LogP contribution in [0.2, 0.25) is 0 Å². The lowest BCUT2D eigenvalue weighted by Gasteiger charge is -2.15. The average molecular weight is 845 g/mol. The summed E-state index contributed by atoms with van der Waals surface area (Å²) in [5, 5.41) is 0. The SMILES string of the molecule is C=CC(=O)OC#Cc1c(C#Cc2ccc(C(=O)C=Cc3ccc(OC(=O)C=C)cc3)cc2)c(F)c(OC)c(C#Cc2ccc(OC(=O)C=C)cc2OC(=O)C(=C)C)c1OC(=O)C=C. The van der Waals surface area contributed by atoms with E-state index >= 15 is 4.39 Å². The molecule has 0 saturated heterocycles. The van der Waals surface area contributed by atoms with Crippen LogP contribution in [0.25, 0.3) is 6.08 Å². The van der Waals surface area contributed by atoms with Crippen molar-refractivity contribution in [2.75, 3.05) is 7.11 Å². The summed E-state index contributed by atoms with van der Waals surface area (Å²) in [7, 11) is 1.11. The first-order chi connectivity index (χ1) is 30.2. The number of carbonyl (C=O) groups is 6. The van der Waals surface area contributed by atoms with E-state index in [0.717, 1.165) is 31.4 Å². The molecule has 0 N–H and O–H groups in total. The van der Waals surface area contributed by atoms with Gasteiger partial charge in [0.1, 0.15) is 23.2 Å². The van der Waals surface area contributed by atoms with Crippen LogP contribution in [0.5, 0.6) is 28.7 Å². The molecule has 0 aliphatic rings. The van der Waals surface area contributed by atoms with Crippen LogP contribution < -0.4 is 23.7 Å². The standard InChI is InChI=1S/C50H33FO12/c1-8-43(53)59-29-28-39-38(25-16-32-12-18-34(19-13-32)41(52)27-17-33-14-22-36(23-15-33)60-44(54)9-2)47(51)49(58-7)40(48(39)63-46(56)11-4)26-21-35-20-24-37(61-45(55)10-3)30-42(35)62-50(57)31(5)6/h8-15,17-20,22-24,27,30H,1-5H2,6-7H3. The normalized spacial score (nSPS) is 9.76. The van der Waals surface area contributed by atoms with Crippen LogP contribution in [0, 0.1) is 41.5 Å². The van der Waals surface area contributed by atoms with E-state index in [9.17, 15) is 28.8 Å². The second-order valence-electron chi connectivity index (χ2n) is 12.2. The number of ether oxygens (including phenoxy) is 6. The van der Waals surface area contributed by atoms with Crippen LogP contribution in [0.3, 0.4) is 0 Å². The van der Waals surface area contributed by atoms with Gasteiger partial charge in [-0.3, -0.25) is 4.79 Å². The molecule has 4 aromatic carbocycles. The molecule has 0 fully saturated rings. The van der Waals surface area contributed by atoms with Gasteiger partial charge in [0, 0.05) is 47.1 Å². The monoisotopic (exact) mass is 844 g/mol. The fraction of sp³-hybridized carbons (Fsp3) is 0.0400. The van der Waals surface area contributed by atoms with Crippen LogP contribution in [0.1, 0.15) is 50.7 Å². The number of allylic oxidation sites excluding steroid dienone is 1. The van der Waals surface area contributed by atoms with E-state index in [1.54, 1.807) is 30.3 Å². The number of benzene rings is 4. The number of halogens is 1. The summed E-state index contributed by atoms with van der Waals surface area (Å²) < 4.78 is 48.0. The largest absolute Gasteiger partial charge is 0.492 e. The molecule has 13 heteroatoms. The Morgan fingerprint density at radius 2 is 1.21 bits per heavy atom. The van der Waals surface area contributed by atoms with Gasteiger partial charge in [0.05, 0.1) is 23.8 Å². The maximum Gasteiger partial charge on any atom is 0.344 e. The lowest BCUT2D eigenvalue weighted by Crippen LogP contribution is -2.11. The fourth-order valence-electron chi connectivity index (χ4n) is 4.78. The number of hydrogen-bond donors (Lipinski definition) is 0. The zero-order valence-electron chi connectivity index (χ0n) is 33.6. The van der Waals surface area contributed by atoms with E-state index in [-0.39, 0.29) is 28.4 Å². The van der Waals surface area contributed by atoms with Crippen molar-refractivity contribution >= 4 is 41.7 Å². The van der Waals surface area contributed by atoms with Gasteiger partial charge in [-0.2, -0.15) is 0 Å². The molecule has 0 aromatic heterocycles. The zero-order valence-corrected chi connectivity index (χ0v) is 33.6. The van der Waals surface area contributed by atoms with E-state index in [0.29, 0.717) is 22.4 Å². The number of rotatable bonds is 13. The van der Waals surface area contributed by atoms with Crippen LogP contribution >= 0.6 is 0 Å². The molecule has 63 heavy (non-hydrogen) atoms. The van der Waals surface area contributed by atoms with Crippen LogP contribution in [-0.4, -0.2) is 42.7 Å². The first-order valence-corrected chi connectivity index (χ1v) is 18.0. The van der Waals surface area contributed by atoms with Crippen LogP contribution in [0.15, 0.2) is 136 Å². The number of methoxy groups -OCH3 is 1. The molecule has 4 aromatic rings. The van der Waals surface area contributed by atoms with Crippen molar-refractivity contribution in [1.29, 1.82) is 0 Å². The Morgan fingerprint density at radius 1 is 0.619 bits per heavy atom. The minimum Gasteiger partial charge on any atom is -0.492 e. The van der Waals surface area contributed by atoms with Gasteiger partial charge in [0.2, 0.25) is 0 Å². The van der Waals surface area contributed by atoms with E-state index in [1.165, 1.54) is 55.5 Å². The van der Waals surface area contributed by atoms with Crippen LogP contribution in [0.4, 0.5) is 4.39 Å². The maximum atomic E-state index is 16.6. The summed E-state index contributed by atoms with van der Waals surface area (Å²) >= 11 is 0. The summed E-state index contributed by atoms with van der Waals surface area (Å²) in [6.07, 6.45) is 8.63. The molecule has 312 valence electrons. The summed E-state index contributed by atoms with van der Waals surface area (Å²) in [6, 6.07) is 16.3. The highest BCUT2D eigenvalue weighted by molar-refractivity contribution is 6.06.